The Balaban J connectivity index is 2.07. The van der Waals surface area contributed by atoms with Gasteiger partial charge in [-0.3, -0.25) is 14.9 Å². The van der Waals surface area contributed by atoms with Crippen LogP contribution in [-0.4, -0.2) is 22.8 Å². The SMILES string of the molecule is Cc1ccc(CN(C)C(=O)c2ccc([N+](=O)[O-])o2)o1. The first kappa shape index (κ1) is 12.9. The number of nitro groups is 1. The minimum Gasteiger partial charge on any atom is -0.464 e. The smallest absolute Gasteiger partial charge is 0.433 e. The van der Waals surface area contributed by atoms with E-state index in [9.17, 15) is 14.9 Å². The number of carbonyl (C=O) groups is 1. The zero-order valence-corrected chi connectivity index (χ0v) is 10.5. The lowest BCUT2D eigenvalue weighted by Crippen LogP contribution is -2.25. The van der Waals surface area contributed by atoms with Crippen molar-refractivity contribution < 1.29 is 18.6 Å². The topological polar surface area (TPSA) is 89.7 Å². The summed E-state index contributed by atoms with van der Waals surface area (Å²) in [4.78, 5) is 23.1. The van der Waals surface area contributed by atoms with Gasteiger partial charge in [0.25, 0.3) is 5.91 Å². The molecule has 0 aliphatic heterocycles. The van der Waals surface area contributed by atoms with Crippen molar-refractivity contribution in [3.63, 3.8) is 0 Å². The van der Waals surface area contributed by atoms with Crippen LogP contribution in [-0.2, 0) is 6.54 Å². The average Bonchev–Trinajstić information content (AvgIpc) is 2.97. The molecule has 2 aromatic rings. The Hall–Kier alpha value is -2.57. The largest absolute Gasteiger partial charge is 0.464 e. The number of furan rings is 2. The molecule has 0 saturated carbocycles. The van der Waals surface area contributed by atoms with Gasteiger partial charge < -0.3 is 13.7 Å². The van der Waals surface area contributed by atoms with E-state index < -0.39 is 16.7 Å². The van der Waals surface area contributed by atoms with Crippen LogP contribution in [0.25, 0.3) is 0 Å². The fraction of sp³-hybridized carbons (Fsp3) is 0.250. The molecule has 0 bridgehead atoms. The predicted molar refractivity (Wildman–Crippen MR) is 64.6 cm³/mol. The molecule has 2 aromatic heterocycles. The van der Waals surface area contributed by atoms with Gasteiger partial charge in [0.2, 0.25) is 0 Å². The molecule has 2 rings (SSSR count). The molecule has 0 aromatic carbocycles. The molecule has 0 aliphatic rings. The van der Waals surface area contributed by atoms with Crippen molar-refractivity contribution in [2.45, 2.75) is 13.5 Å². The van der Waals surface area contributed by atoms with Crippen LogP contribution in [0.4, 0.5) is 5.88 Å². The van der Waals surface area contributed by atoms with E-state index in [1.54, 1.807) is 26.1 Å². The molecular formula is C12H12N2O5. The van der Waals surface area contributed by atoms with Crippen LogP contribution in [0.5, 0.6) is 0 Å². The maximum Gasteiger partial charge on any atom is 0.433 e. The highest BCUT2D eigenvalue weighted by molar-refractivity contribution is 5.91. The molecule has 0 spiro atoms. The van der Waals surface area contributed by atoms with E-state index >= 15 is 0 Å². The quantitative estimate of drug-likeness (QED) is 0.624. The summed E-state index contributed by atoms with van der Waals surface area (Å²) in [6, 6.07) is 6.00. The lowest BCUT2D eigenvalue weighted by atomic mass is 10.3. The second kappa shape index (κ2) is 4.97. The Kier molecular flexibility index (Phi) is 3.37. The fourth-order valence-electron chi connectivity index (χ4n) is 1.60. The third-order valence-corrected chi connectivity index (χ3v) is 2.52. The van der Waals surface area contributed by atoms with E-state index in [0.29, 0.717) is 5.76 Å². The fourth-order valence-corrected chi connectivity index (χ4v) is 1.60. The van der Waals surface area contributed by atoms with Crippen LogP contribution in [0, 0.1) is 17.0 Å². The number of rotatable bonds is 4. The summed E-state index contributed by atoms with van der Waals surface area (Å²) < 4.78 is 10.2. The summed E-state index contributed by atoms with van der Waals surface area (Å²) in [5, 5.41) is 10.5. The summed E-state index contributed by atoms with van der Waals surface area (Å²) >= 11 is 0. The van der Waals surface area contributed by atoms with E-state index in [1.807, 2.05) is 0 Å². The van der Waals surface area contributed by atoms with Gasteiger partial charge in [0.15, 0.2) is 5.76 Å². The van der Waals surface area contributed by atoms with Crippen LogP contribution >= 0.6 is 0 Å². The monoisotopic (exact) mass is 264 g/mol. The summed E-state index contributed by atoms with van der Waals surface area (Å²) in [6.07, 6.45) is 0. The maximum atomic E-state index is 12.0. The Morgan fingerprint density at radius 2 is 2.05 bits per heavy atom. The molecule has 7 nitrogen and oxygen atoms in total. The molecule has 1 amide bonds. The molecule has 100 valence electrons. The Bertz CT molecular complexity index is 613. The molecule has 0 aliphatic carbocycles. The van der Waals surface area contributed by atoms with E-state index in [4.69, 9.17) is 8.83 Å². The number of carbonyl (C=O) groups excluding carboxylic acids is 1. The number of amides is 1. The normalized spacial score (nSPS) is 10.4. The highest BCUT2D eigenvalue weighted by atomic mass is 16.6. The van der Waals surface area contributed by atoms with Gasteiger partial charge in [0, 0.05) is 7.05 Å². The summed E-state index contributed by atoms with van der Waals surface area (Å²) in [5.74, 6) is 0.420. The second-order valence-corrected chi connectivity index (χ2v) is 4.07. The zero-order chi connectivity index (χ0) is 14.0. The summed E-state index contributed by atoms with van der Waals surface area (Å²) in [5.41, 5.74) is 0. The van der Waals surface area contributed by atoms with E-state index in [2.05, 4.69) is 0 Å². The first-order valence-electron chi connectivity index (χ1n) is 5.52. The molecule has 0 N–H and O–H groups in total. The number of hydrogen-bond acceptors (Lipinski definition) is 5. The van der Waals surface area contributed by atoms with Crippen molar-refractivity contribution in [3.05, 3.63) is 51.7 Å². The first-order chi connectivity index (χ1) is 8.97. The molecule has 7 heteroatoms. The van der Waals surface area contributed by atoms with E-state index in [1.165, 1.54) is 11.0 Å². The van der Waals surface area contributed by atoms with Gasteiger partial charge in [0.05, 0.1) is 12.6 Å². The number of hydrogen-bond donors (Lipinski definition) is 0. The Labute approximate surface area is 108 Å². The Morgan fingerprint density at radius 3 is 2.58 bits per heavy atom. The van der Waals surface area contributed by atoms with E-state index in [-0.39, 0.29) is 12.3 Å². The molecule has 2 heterocycles. The van der Waals surface area contributed by atoms with Gasteiger partial charge in [-0.15, -0.1) is 0 Å². The lowest BCUT2D eigenvalue weighted by Gasteiger charge is -2.13. The number of aryl methyl sites for hydroxylation is 1. The second-order valence-electron chi connectivity index (χ2n) is 4.07. The van der Waals surface area contributed by atoms with Crippen molar-refractivity contribution >= 4 is 11.8 Å². The zero-order valence-electron chi connectivity index (χ0n) is 10.5. The third-order valence-electron chi connectivity index (χ3n) is 2.52. The summed E-state index contributed by atoms with van der Waals surface area (Å²) in [6.45, 7) is 2.07. The van der Waals surface area contributed by atoms with Crippen LogP contribution in [0.3, 0.4) is 0 Å². The minimum absolute atomic E-state index is 0.0718. The molecule has 0 saturated heterocycles. The molecule has 0 unspecified atom stereocenters. The highest BCUT2D eigenvalue weighted by Crippen LogP contribution is 2.18. The molecule has 0 radical (unpaired) electrons. The van der Waals surface area contributed by atoms with Gasteiger partial charge in [-0.2, -0.15) is 0 Å². The van der Waals surface area contributed by atoms with Crippen LogP contribution < -0.4 is 0 Å². The van der Waals surface area contributed by atoms with Gasteiger partial charge in [0.1, 0.15) is 16.4 Å². The van der Waals surface area contributed by atoms with Crippen molar-refractivity contribution in [3.8, 4) is 0 Å². The molecule has 19 heavy (non-hydrogen) atoms. The minimum atomic E-state index is -0.688. The molecule has 0 atom stereocenters. The van der Waals surface area contributed by atoms with Crippen molar-refractivity contribution in [1.82, 2.24) is 4.90 Å². The maximum absolute atomic E-state index is 12.0. The average molecular weight is 264 g/mol. The standard InChI is InChI=1S/C12H12N2O5/c1-8-3-4-9(18-8)7-13(2)12(15)10-5-6-11(19-10)14(16)17/h3-6H,7H2,1-2H3. The van der Waals surface area contributed by atoms with Crippen molar-refractivity contribution in [1.29, 1.82) is 0 Å². The lowest BCUT2D eigenvalue weighted by molar-refractivity contribution is -0.402. The van der Waals surface area contributed by atoms with E-state index in [0.717, 1.165) is 11.8 Å². The Morgan fingerprint density at radius 1 is 1.32 bits per heavy atom. The number of nitrogens with zero attached hydrogens (tertiary/aromatic N) is 2. The van der Waals surface area contributed by atoms with Gasteiger partial charge in [-0.25, -0.2) is 0 Å². The molecule has 0 fully saturated rings. The first-order valence-corrected chi connectivity index (χ1v) is 5.52. The van der Waals surface area contributed by atoms with Gasteiger partial charge >= 0.3 is 5.88 Å². The highest BCUT2D eigenvalue weighted by Gasteiger charge is 2.20. The van der Waals surface area contributed by atoms with Crippen LogP contribution in [0.1, 0.15) is 22.1 Å². The van der Waals surface area contributed by atoms with Crippen LogP contribution in [0.2, 0.25) is 0 Å². The third kappa shape index (κ3) is 2.82. The van der Waals surface area contributed by atoms with Crippen molar-refractivity contribution in [2.75, 3.05) is 7.05 Å². The van der Waals surface area contributed by atoms with Crippen molar-refractivity contribution in [2.24, 2.45) is 0 Å². The van der Waals surface area contributed by atoms with Gasteiger partial charge in [-0.05, 0) is 25.1 Å². The van der Waals surface area contributed by atoms with Crippen LogP contribution in [0.15, 0.2) is 33.1 Å². The summed E-state index contributed by atoms with van der Waals surface area (Å²) in [7, 11) is 1.56. The predicted octanol–water partition coefficient (Wildman–Crippen LogP) is 2.36. The van der Waals surface area contributed by atoms with Gasteiger partial charge in [-0.1, -0.05) is 0 Å². The molecular weight excluding hydrogens is 252 g/mol.